The Bertz CT molecular complexity index is 400. The summed E-state index contributed by atoms with van der Waals surface area (Å²) < 4.78 is 2.41. The molecule has 0 amide bonds. The molecule has 0 aliphatic carbocycles. The van der Waals surface area contributed by atoms with Crippen LogP contribution >= 0.6 is 0 Å². The Balaban J connectivity index is 1.54. The number of rotatable bonds is 4. The van der Waals surface area contributed by atoms with Gasteiger partial charge in [0, 0.05) is 30.9 Å². The van der Waals surface area contributed by atoms with E-state index in [1.165, 1.54) is 57.4 Å². The summed E-state index contributed by atoms with van der Waals surface area (Å²) in [7, 11) is 2.24. The SMILES string of the molecule is CN1CCC(CCn2cncc2C2CCCNC2)CC1. The lowest BCUT2D eigenvalue weighted by Gasteiger charge is -2.29. The number of nitrogens with one attached hydrogen (secondary N) is 1. The van der Waals surface area contributed by atoms with Crippen LogP contribution in [0.3, 0.4) is 0 Å². The molecule has 3 heterocycles. The Morgan fingerprint density at radius 1 is 1.30 bits per heavy atom. The molecule has 1 unspecified atom stereocenters. The van der Waals surface area contributed by atoms with Crippen LogP contribution in [0.25, 0.3) is 0 Å². The standard InChI is InChI=1S/C16H28N4/c1-19-8-4-14(5-9-19)6-10-20-13-18-12-16(20)15-3-2-7-17-11-15/h12-15,17H,2-11H2,1H3. The van der Waals surface area contributed by atoms with Crippen LogP contribution in [0.2, 0.25) is 0 Å². The average Bonchev–Trinajstić information content (AvgIpc) is 2.96. The van der Waals surface area contributed by atoms with Crippen molar-refractivity contribution in [1.29, 1.82) is 0 Å². The van der Waals surface area contributed by atoms with Gasteiger partial charge in [-0.15, -0.1) is 0 Å². The zero-order valence-corrected chi connectivity index (χ0v) is 12.7. The molecule has 1 aromatic rings. The lowest BCUT2D eigenvalue weighted by atomic mass is 9.93. The third-order valence-corrected chi connectivity index (χ3v) is 5.08. The van der Waals surface area contributed by atoms with E-state index in [1.54, 1.807) is 0 Å². The minimum atomic E-state index is 0.670. The summed E-state index contributed by atoms with van der Waals surface area (Å²) in [5.41, 5.74) is 1.45. The van der Waals surface area contributed by atoms with E-state index in [0.29, 0.717) is 5.92 Å². The van der Waals surface area contributed by atoms with Gasteiger partial charge in [0.25, 0.3) is 0 Å². The van der Waals surface area contributed by atoms with Crippen LogP contribution in [-0.4, -0.2) is 47.7 Å². The van der Waals surface area contributed by atoms with Crippen LogP contribution in [0.1, 0.15) is 43.7 Å². The molecule has 20 heavy (non-hydrogen) atoms. The zero-order chi connectivity index (χ0) is 13.8. The second-order valence-corrected chi connectivity index (χ2v) is 6.59. The first kappa shape index (κ1) is 14.1. The van der Waals surface area contributed by atoms with Crippen molar-refractivity contribution in [2.24, 2.45) is 5.92 Å². The summed E-state index contributed by atoms with van der Waals surface area (Å²) in [6.07, 6.45) is 10.8. The van der Waals surface area contributed by atoms with Gasteiger partial charge in [-0.3, -0.25) is 0 Å². The first-order valence-electron chi connectivity index (χ1n) is 8.22. The maximum Gasteiger partial charge on any atom is 0.0948 e. The molecule has 112 valence electrons. The molecule has 1 atom stereocenters. The Morgan fingerprint density at radius 2 is 2.15 bits per heavy atom. The fourth-order valence-electron chi connectivity index (χ4n) is 3.63. The Morgan fingerprint density at radius 3 is 2.90 bits per heavy atom. The number of nitrogens with zero attached hydrogens (tertiary/aromatic N) is 3. The molecule has 4 nitrogen and oxygen atoms in total. The molecule has 2 fully saturated rings. The molecule has 2 aliphatic heterocycles. The van der Waals surface area contributed by atoms with E-state index < -0.39 is 0 Å². The van der Waals surface area contributed by atoms with Gasteiger partial charge in [-0.2, -0.15) is 0 Å². The molecule has 0 spiro atoms. The van der Waals surface area contributed by atoms with Gasteiger partial charge < -0.3 is 14.8 Å². The van der Waals surface area contributed by atoms with Crippen LogP contribution < -0.4 is 5.32 Å². The summed E-state index contributed by atoms with van der Waals surface area (Å²) in [5.74, 6) is 1.58. The highest BCUT2D eigenvalue weighted by atomic mass is 15.1. The van der Waals surface area contributed by atoms with E-state index in [-0.39, 0.29) is 0 Å². The third kappa shape index (κ3) is 3.41. The van der Waals surface area contributed by atoms with E-state index in [4.69, 9.17) is 0 Å². The van der Waals surface area contributed by atoms with Crippen molar-refractivity contribution in [3.8, 4) is 0 Å². The lowest BCUT2D eigenvalue weighted by molar-refractivity contribution is 0.207. The minimum Gasteiger partial charge on any atom is -0.334 e. The van der Waals surface area contributed by atoms with E-state index in [2.05, 4.69) is 33.0 Å². The van der Waals surface area contributed by atoms with Gasteiger partial charge in [-0.25, -0.2) is 4.98 Å². The molecule has 1 aromatic heterocycles. The van der Waals surface area contributed by atoms with Crippen LogP contribution in [0, 0.1) is 5.92 Å². The predicted octanol–water partition coefficient (Wildman–Crippen LogP) is 2.08. The highest BCUT2D eigenvalue weighted by molar-refractivity contribution is 5.08. The zero-order valence-electron chi connectivity index (χ0n) is 12.7. The molecule has 4 heteroatoms. The van der Waals surface area contributed by atoms with E-state index >= 15 is 0 Å². The lowest BCUT2D eigenvalue weighted by Crippen LogP contribution is -2.31. The fourth-order valence-corrected chi connectivity index (χ4v) is 3.63. The van der Waals surface area contributed by atoms with Crippen LogP contribution in [0.15, 0.2) is 12.5 Å². The maximum absolute atomic E-state index is 4.40. The second kappa shape index (κ2) is 6.72. The van der Waals surface area contributed by atoms with Crippen molar-refractivity contribution in [1.82, 2.24) is 19.8 Å². The number of hydrogen-bond acceptors (Lipinski definition) is 3. The van der Waals surface area contributed by atoms with Crippen molar-refractivity contribution >= 4 is 0 Å². The van der Waals surface area contributed by atoms with Gasteiger partial charge >= 0.3 is 0 Å². The summed E-state index contributed by atoms with van der Waals surface area (Å²) in [6.45, 7) is 6.00. The van der Waals surface area contributed by atoms with Crippen molar-refractivity contribution < 1.29 is 0 Å². The van der Waals surface area contributed by atoms with Gasteiger partial charge in [0.2, 0.25) is 0 Å². The van der Waals surface area contributed by atoms with E-state index in [1.807, 2.05) is 6.33 Å². The Hall–Kier alpha value is -0.870. The van der Waals surface area contributed by atoms with Gasteiger partial charge in [0.1, 0.15) is 0 Å². The van der Waals surface area contributed by atoms with Crippen molar-refractivity contribution in [3.63, 3.8) is 0 Å². The first-order valence-corrected chi connectivity index (χ1v) is 8.22. The molecule has 2 saturated heterocycles. The minimum absolute atomic E-state index is 0.670. The molecular weight excluding hydrogens is 248 g/mol. The van der Waals surface area contributed by atoms with Gasteiger partial charge in [-0.1, -0.05) is 0 Å². The van der Waals surface area contributed by atoms with Crippen molar-refractivity contribution in [2.75, 3.05) is 33.2 Å². The number of aromatic nitrogens is 2. The summed E-state index contributed by atoms with van der Waals surface area (Å²) >= 11 is 0. The molecule has 0 radical (unpaired) electrons. The highest BCUT2D eigenvalue weighted by Gasteiger charge is 2.20. The summed E-state index contributed by atoms with van der Waals surface area (Å²) in [5, 5.41) is 3.51. The normalized spacial score (nSPS) is 25.9. The molecule has 0 aromatic carbocycles. The largest absolute Gasteiger partial charge is 0.334 e. The quantitative estimate of drug-likeness (QED) is 0.914. The van der Waals surface area contributed by atoms with Crippen LogP contribution in [0.5, 0.6) is 0 Å². The van der Waals surface area contributed by atoms with Gasteiger partial charge in [0.15, 0.2) is 0 Å². The summed E-state index contributed by atoms with van der Waals surface area (Å²) in [6, 6.07) is 0. The molecular formula is C16H28N4. The number of aryl methyl sites for hydroxylation is 1. The maximum atomic E-state index is 4.40. The van der Waals surface area contributed by atoms with Crippen LogP contribution in [-0.2, 0) is 6.54 Å². The topological polar surface area (TPSA) is 33.1 Å². The van der Waals surface area contributed by atoms with E-state index in [9.17, 15) is 0 Å². The number of likely N-dealkylation sites (tertiary alicyclic amines) is 1. The molecule has 3 rings (SSSR count). The fraction of sp³-hybridized carbons (Fsp3) is 0.812. The molecule has 2 aliphatic rings. The van der Waals surface area contributed by atoms with Gasteiger partial charge in [-0.05, 0) is 64.7 Å². The van der Waals surface area contributed by atoms with Gasteiger partial charge in [0.05, 0.1) is 6.33 Å². The monoisotopic (exact) mass is 276 g/mol. The Kier molecular flexibility index (Phi) is 4.73. The number of imidazole rings is 1. The Labute approximate surface area is 122 Å². The van der Waals surface area contributed by atoms with Crippen LogP contribution in [0.4, 0.5) is 0 Å². The molecule has 1 N–H and O–H groups in total. The third-order valence-electron chi connectivity index (χ3n) is 5.08. The molecule has 0 bridgehead atoms. The van der Waals surface area contributed by atoms with Crippen molar-refractivity contribution in [3.05, 3.63) is 18.2 Å². The molecule has 0 saturated carbocycles. The number of hydrogen-bond donors (Lipinski definition) is 1. The van der Waals surface area contributed by atoms with E-state index in [0.717, 1.165) is 19.0 Å². The van der Waals surface area contributed by atoms with Crippen molar-refractivity contribution in [2.45, 2.75) is 44.6 Å². The number of piperidine rings is 2. The highest BCUT2D eigenvalue weighted by Crippen LogP contribution is 2.25. The average molecular weight is 276 g/mol. The first-order chi connectivity index (χ1) is 9.83. The smallest absolute Gasteiger partial charge is 0.0948 e. The second-order valence-electron chi connectivity index (χ2n) is 6.59. The summed E-state index contributed by atoms with van der Waals surface area (Å²) in [4.78, 5) is 6.85. The predicted molar refractivity (Wildman–Crippen MR) is 81.9 cm³/mol.